The average molecular weight is 1170 g/mol. The lowest BCUT2D eigenvalue weighted by Crippen LogP contribution is -2.45. The Labute approximate surface area is 520 Å². The van der Waals surface area contributed by atoms with Gasteiger partial charge in [0.2, 0.25) is 5.91 Å². The van der Waals surface area contributed by atoms with Crippen LogP contribution < -0.4 is 5.32 Å². The van der Waals surface area contributed by atoms with Gasteiger partial charge in [0.15, 0.2) is 0 Å². The van der Waals surface area contributed by atoms with Crippen LogP contribution in [0, 0.1) is 0 Å². The van der Waals surface area contributed by atoms with Gasteiger partial charge in [-0.15, -0.1) is 0 Å². The molecule has 0 fully saturated rings. The summed E-state index contributed by atoms with van der Waals surface area (Å²) in [5.74, 6) is -0.0116. The third kappa shape index (κ3) is 69.3. The number of hydrogen-bond acceptors (Lipinski definition) is 5. The number of ether oxygens (including phenoxy) is 1. The number of amides is 1. The molecule has 0 heterocycles. The van der Waals surface area contributed by atoms with E-state index in [2.05, 4.69) is 43.5 Å². The molecule has 83 heavy (non-hydrogen) atoms. The van der Waals surface area contributed by atoms with Crippen LogP contribution >= 0.6 is 0 Å². The first-order valence-corrected chi connectivity index (χ1v) is 38.1. The van der Waals surface area contributed by atoms with Crippen LogP contribution in [0.5, 0.6) is 0 Å². The smallest absolute Gasteiger partial charge is 0.305 e. The maximum absolute atomic E-state index is 12.5. The van der Waals surface area contributed by atoms with Crippen LogP contribution in [0.4, 0.5) is 0 Å². The van der Waals surface area contributed by atoms with Crippen LogP contribution in [-0.4, -0.2) is 47.4 Å². The van der Waals surface area contributed by atoms with Crippen molar-refractivity contribution in [3.8, 4) is 0 Å². The Balaban J connectivity index is 3.30. The minimum absolute atomic E-state index is 0.0152. The van der Waals surface area contributed by atoms with Gasteiger partial charge in [0, 0.05) is 12.8 Å². The van der Waals surface area contributed by atoms with Crippen molar-refractivity contribution >= 4 is 11.9 Å². The van der Waals surface area contributed by atoms with E-state index in [1.807, 2.05) is 0 Å². The van der Waals surface area contributed by atoms with Crippen molar-refractivity contribution in [2.45, 2.75) is 443 Å². The Kier molecular flexibility index (Phi) is 71.4. The third-order valence-corrected chi connectivity index (χ3v) is 18.0. The van der Waals surface area contributed by atoms with Gasteiger partial charge in [0.25, 0.3) is 0 Å². The first-order valence-electron chi connectivity index (χ1n) is 38.1. The maximum Gasteiger partial charge on any atom is 0.305 e. The molecule has 0 bridgehead atoms. The summed E-state index contributed by atoms with van der Waals surface area (Å²) < 4.78 is 5.51. The molecule has 0 aliphatic rings. The van der Waals surface area contributed by atoms with Gasteiger partial charge in [-0.25, -0.2) is 0 Å². The lowest BCUT2D eigenvalue weighted by Gasteiger charge is -2.22. The van der Waals surface area contributed by atoms with E-state index >= 15 is 0 Å². The minimum atomic E-state index is -0.660. The fourth-order valence-electron chi connectivity index (χ4n) is 12.2. The number of carbonyl (C=O) groups is 2. The van der Waals surface area contributed by atoms with Crippen LogP contribution in [0.1, 0.15) is 431 Å². The van der Waals surface area contributed by atoms with Crippen molar-refractivity contribution < 1.29 is 24.5 Å². The second kappa shape index (κ2) is 72.8. The highest BCUT2D eigenvalue weighted by Crippen LogP contribution is 2.20. The summed E-state index contributed by atoms with van der Waals surface area (Å²) in [6.45, 7) is 4.98. The fourth-order valence-corrected chi connectivity index (χ4v) is 12.2. The van der Waals surface area contributed by atoms with Crippen molar-refractivity contribution in [1.82, 2.24) is 5.32 Å². The molecule has 0 rings (SSSR count). The van der Waals surface area contributed by atoms with E-state index in [0.717, 1.165) is 51.4 Å². The molecular formula is C77H149NO5. The minimum Gasteiger partial charge on any atom is -0.466 e. The van der Waals surface area contributed by atoms with Crippen LogP contribution in [0.2, 0.25) is 0 Å². The zero-order chi connectivity index (χ0) is 59.9. The van der Waals surface area contributed by atoms with Crippen molar-refractivity contribution in [2.75, 3.05) is 13.2 Å². The molecule has 3 N–H and O–H groups in total. The zero-order valence-corrected chi connectivity index (χ0v) is 56.5. The monoisotopic (exact) mass is 1170 g/mol. The highest BCUT2D eigenvalue weighted by atomic mass is 16.5. The number of rotatable bonds is 72. The molecule has 0 aromatic carbocycles. The van der Waals surface area contributed by atoms with Gasteiger partial charge in [0.05, 0.1) is 25.4 Å². The van der Waals surface area contributed by atoms with Gasteiger partial charge in [-0.2, -0.15) is 0 Å². The number of unbranched alkanes of at least 4 members (excludes halogenated alkanes) is 57. The molecule has 1 amide bonds. The lowest BCUT2D eigenvalue weighted by molar-refractivity contribution is -0.143. The summed E-state index contributed by atoms with van der Waals surface area (Å²) >= 11 is 0. The molecule has 492 valence electrons. The molecule has 2 unspecified atom stereocenters. The SMILES string of the molecule is CCCCCC/C=C\C/C=C\CCCCCCCCCC(=O)OCCCCCCCCCCCCCCCCCCCCCCCCCCCCCCCCCCCC(=O)NC(CO)C(O)CCCCCCCCCCCCCCCCC. The largest absolute Gasteiger partial charge is 0.466 e. The number of aliphatic hydroxyl groups is 2. The van der Waals surface area contributed by atoms with E-state index in [1.165, 1.54) is 347 Å². The predicted octanol–water partition coefficient (Wildman–Crippen LogP) is 24.9. The van der Waals surface area contributed by atoms with Gasteiger partial charge in [-0.3, -0.25) is 9.59 Å². The summed E-state index contributed by atoms with van der Waals surface area (Å²) in [6, 6.07) is -0.537. The highest BCUT2D eigenvalue weighted by Gasteiger charge is 2.20. The van der Waals surface area contributed by atoms with Gasteiger partial charge in [-0.1, -0.05) is 385 Å². The fraction of sp³-hybridized carbons (Fsp3) is 0.922. The number of esters is 1. The molecule has 0 saturated carbocycles. The lowest BCUT2D eigenvalue weighted by atomic mass is 10.0. The number of nitrogens with one attached hydrogen (secondary N) is 1. The molecule has 2 atom stereocenters. The van der Waals surface area contributed by atoms with E-state index in [1.54, 1.807) is 0 Å². The quantitative estimate of drug-likeness (QED) is 0.0320. The van der Waals surface area contributed by atoms with Crippen LogP contribution in [-0.2, 0) is 14.3 Å². The molecule has 0 radical (unpaired) electrons. The molecule has 0 aromatic heterocycles. The van der Waals surface area contributed by atoms with Gasteiger partial charge in [-0.05, 0) is 57.8 Å². The normalized spacial score (nSPS) is 12.6. The molecule has 0 aliphatic heterocycles. The Morgan fingerprint density at radius 1 is 0.337 bits per heavy atom. The number of carbonyl (C=O) groups excluding carboxylic acids is 2. The van der Waals surface area contributed by atoms with Crippen LogP contribution in [0.3, 0.4) is 0 Å². The topological polar surface area (TPSA) is 95.9 Å². The van der Waals surface area contributed by atoms with Crippen molar-refractivity contribution in [1.29, 1.82) is 0 Å². The van der Waals surface area contributed by atoms with Gasteiger partial charge >= 0.3 is 5.97 Å². The molecule has 0 saturated heterocycles. The van der Waals surface area contributed by atoms with Crippen molar-refractivity contribution in [2.24, 2.45) is 0 Å². The Bertz CT molecular complexity index is 1300. The standard InChI is InChI=1S/C77H149NO5/c1-3-5-7-9-11-13-15-17-19-20-39-43-47-51-55-59-63-67-71-77(82)83-72-68-64-60-56-52-48-44-40-37-35-33-31-29-27-25-23-21-22-24-26-28-30-32-34-36-38-42-46-50-54-58-62-66-70-76(81)78-74(73-79)75(80)69-65-61-57-53-49-45-41-18-16-14-12-10-8-6-4-2/h13,15,19-20,74-75,79-80H,3-12,14,16-18,21-73H2,1-2H3,(H,78,81)/b15-13-,20-19-. The summed E-state index contributed by atoms with van der Waals surface area (Å²) in [5, 5.41) is 23.4. The van der Waals surface area contributed by atoms with Crippen LogP contribution in [0.25, 0.3) is 0 Å². The van der Waals surface area contributed by atoms with E-state index < -0.39 is 12.1 Å². The first kappa shape index (κ1) is 81.3. The summed E-state index contributed by atoms with van der Waals surface area (Å²) in [7, 11) is 0. The summed E-state index contributed by atoms with van der Waals surface area (Å²) in [5.41, 5.74) is 0. The zero-order valence-electron chi connectivity index (χ0n) is 56.5. The molecule has 0 aliphatic carbocycles. The number of allylic oxidation sites excluding steroid dienone is 4. The van der Waals surface area contributed by atoms with E-state index in [-0.39, 0.29) is 18.5 Å². The number of hydrogen-bond donors (Lipinski definition) is 3. The number of aliphatic hydroxyl groups excluding tert-OH is 2. The predicted molar refractivity (Wildman–Crippen MR) is 366 cm³/mol. The molecular weight excluding hydrogens is 1020 g/mol. The van der Waals surface area contributed by atoms with Gasteiger partial charge < -0.3 is 20.3 Å². The summed E-state index contributed by atoms with van der Waals surface area (Å²) in [6.07, 6.45) is 92.6. The first-order chi connectivity index (χ1) is 41.0. The Hall–Kier alpha value is -1.66. The molecule has 6 nitrogen and oxygen atoms in total. The Morgan fingerprint density at radius 3 is 0.928 bits per heavy atom. The van der Waals surface area contributed by atoms with Gasteiger partial charge in [0.1, 0.15) is 0 Å². The van der Waals surface area contributed by atoms with E-state index in [4.69, 9.17) is 4.74 Å². The van der Waals surface area contributed by atoms with E-state index in [0.29, 0.717) is 25.9 Å². The average Bonchev–Trinajstić information content (AvgIpc) is 3.48. The second-order valence-electron chi connectivity index (χ2n) is 26.3. The highest BCUT2D eigenvalue weighted by molar-refractivity contribution is 5.76. The Morgan fingerprint density at radius 2 is 0.602 bits per heavy atom. The molecule has 0 aromatic rings. The maximum atomic E-state index is 12.5. The van der Waals surface area contributed by atoms with Crippen LogP contribution in [0.15, 0.2) is 24.3 Å². The summed E-state index contributed by atoms with van der Waals surface area (Å²) in [4.78, 5) is 24.6. The molecule has 6 heteroatoms. The van der Waals surface area contributed by atoms with Crippen molar-refractivity contribution in [3.63, 3.8) is 0 Å². The second-order valence-corrected chi connectivity index (χ2v) is 26.3. The van der Waals surface area contributed by atoms with E-state index in [9.17, 15) is 19.8 Å². The molecule has 0 spiro atoms. The van der Waals surface area contributed by atoms with Crippen molar-refractivity contribution in [3.05, 3.63) is 24.3 Å². The third-order valence-electron chi connectivity index (χ3n) is 18.0.